The lowest BCUT2D eigenvalue weighted by molar-refractivity contribution is 0.525. The van der Waals surface area contributed by atoms with Crippen molar-refractivity contribution in [2.24, 2.45) is 5.10 Å². The summed E-state index contributed by atoms with van der Waals surface area (Å²) >= 11 is 0. The van der Waals surface area contributed by atoms with Crippen molar-refractivity contribution in [3.63, 3.8) is 0 Å². The number of hydrazone groups is 1. The normalized spacial score (nSPS) is 11.9. The second-order valence-electron chi connectivity index (χ2n) is 5.22. The summed E-state index contributed by atoms with van der Waals surface area (Å²) in [6.45, 7) is 6.12. The van der Waals surface area contributed by atoms with Crippen LogP contribution < -0.4 is 11.0 Å². The Morgan fingerprint density at radius 3 is 2.78 bits per heavy atom. The molecule has 3 rings (SSSR count). The molecule has 0 spiro atoms. The average molecular weight is 310 g/mol. The molecule has 6 nitrogen and oxygen atoms in total. The molecule has 0 atom stereocenters. The largest absolute Gasteiger partial charge is 0.460 e. The van der Waals surface area contributed by atoms with Gasteiger partial charge in [-0.15, -0.1) is 0 Å². The third-order valence-corrected chi connectivity index (χ3v) is 3.60. The summed E-state index contributed by atoms with van der Waals surface area (Å²) in [6, 6.07) is 11.0. The number of nitrogens with zero attached hydrogens (tertiary/aromatic N) is 3. The Kier molecular flexibility index (Phi) is 3.97. The molecule has 0 saturated carbocycles. The van der Waals surface area contributed by atoms with Gasteiger partial charge in [-0.05, 0) is 45.0 Å². The van der Waals surface area contributed by atoms with E-state index in [0.29, 0.717) is 34.9 Å². The smallest absolute Gasteiger partial charge is 0.262 e. The Morgan fingerprint density at radius 2 is 2.09 bits per heavy atom. The summed E-state index contributed by atoms with van der Waals surface area (Å²) in [5, 5.41) is 4.88. The maximum atomic E-state index is 12.5. The summed E-state index contributed by atoms with van der Waals surface area (Å²) in [7, 11) is 0. The highest BCUT2D eigenvalue weighted by molar-refractivity contribution is 5.96. The van der Waals surface area contributed by atoms with E-state index in [1.54, 1.807) is 10.6 Å². The zero-order valence-corrected chi connectivity index (χ0v) is 13.3. The van der Waals surface area contributed by atoms with Gasteiger partial charge in [0.15, 0.2) is 0 Å². The van der Waals surface area contributed by atoms with Crippen molar-refractivity contribution in [3.05, 3.63) is 58.3 Å². The topological polar surface area (TPSA) is 72.4 Å². The Labute approximate surface area is 133 Å². The molecule has 0 radical (unpaired) electrons. The molecule has 2 aromatic heterocycles. The van der Waals surface area contributed by atoms with Gasteiger partial charge in [-0.2, -0.15) is 5.10 Å². The molecule has 0 amide bonds. The van der Waals surface area contributed by atoms with Gasteiger partial charge in [0.1, 0.15) is 17.2 Å². The molecule has 0 aliphatic carbocycles. The highest BCUT2D eigenvalue weighted by Crippen LogP contribution is 2.12. The highest BCUT2D eigenvalue weighted by Gasteiger charge is 2.09. The van der Waals surface area contributed by atoms with Crippen molar-refractivity contribution in [1.82, 2.24) is 9.55 Å². The number of anilines is 1. The van der Waals surface area contributed by atoms with Gasteiger partial charge >= 0.3 is 0 Å². The maximum absolute atomic E-state index is 12.5. The summed E-state index contributed by atoms with van der Waals surface area (Å²) < 4.78 is 7.09. The van der Waals surface area contributed by atoms with Gasteiger partial charge in [0.2, 0.25) is 5.95 Å². The predicted molar refractivity (Wildman–Crippen MR) is 91.0 cm³/mol. The molecule has 0 aliphatic rings. The van der Waals surface area contributed by atoms with Crippen LogP contribution in [0, 0.1) is 6.92 Å². The summed E-state index contributed by atoms with van der Waals surface area (Å²) in [6.07, 6.45) is 0. The van der Waals surface area contributed by atoms with Crippen LogP contribution in [-0.4, -0.2) is 15.3 Å². The first-order chi connectivity index (χ1) is 11.1. The van der Waals surface area contributed by atoms with E-state index < -0.39 is 0 Å². The molecule has 0 unspecified atom stereocenters. The fourth-order valence-electron chi connectivity index (χ4n) is 2.36. The summed E-state index contributed by atoms with van der Waals surface area (Å²) in [5.74, 6) is 1.92. The van der Waals surface area contributed by atoms with E-state index in [9.17, 15) is 4.79 Å². The number of fused-ring (bicyclic) bond motifs is 1. The lowest BCUT2D eigenvalue weighted by atomic mass is 10.2. The summed E-state index contributed by atoms with van der Waals surface area (Å²) in [5.41, 5.74) is 4.13. The van der Waals surface area contributed by atoms with Crippen LogP contribution in [0.4, 0.5) is 5.95 Å². The van der Waals surface area contributed by atoms with Gasteiger partial charge in [-0.3, -0.25) is 9.36 Å². The van der Waals surface area contributed by atoms with Crippen molar-refractivity contribution in [3.8, 4) is 0 Å². The fourth-order valence-corrected chi connectivity index (χ4v) is 2.36. The van der Waals surface area contributed by atoms with Crippen LogP contribution in [0.5, 0.6) is 0 Å². The minimum absolute atomic E-state index is 0.0812. The summed E-state index contributed by atoms with van der Waals surface area (Å²) in [4.78, 5) is 17.0. The van der Waals surface area contributed by atoms with Crippen LogP contribution in [0.1, 0.15) is 25.4 Å². The Hall–Kier alpha value is -2.89. The van der Waals surface area contributed by atoms with Crippen molar-refractivity contribution >= 4 is 22.6 Å². The molecule has 1 aromatic carbocycles. The monoisotopic (exact) mass is 310 g/mol. The van der Waals surface area contributed by atoms with Gasteiger partial charge in [-0.25, -0.2) is 10.4 Å². The SMILES string of the molecule is CCn1c(NN=C(C)c2ccc(C)o2)nc2ccccc2c1=O. The molecule has 3 aromatic rings. The number of benzene rings is 1. The first kappa shape index (κ1) is 15.0. The predicted octanol–water partition coefficient (Wildman–Crippen LogP) is 3.15. The maximum Gasteiger partial charge on any atom is 0.262 e. The number of furan rings is 1. The number of hydrogen-bond donors (Lipinski definition) is 1. The van der Waals surface area contributed by atoms with E-state index in [2.05, 4.69) is 15.5 Å². The zero-order chi connectivity index (χ0) is 16.4. The van der Waals surface area contributed by atoms with E-state index in [1.807, 2.05) is 51.1 Å². The standard InChI is InChI=1S/C17H18N4O2/c1-4-21-16(22)13-7-5-6-8-14(13)18-17(21)20-19-12(3)15-10-9-11(2)23-15/h5-10H,4H2,1-3H3,(H,18,20). The highest BCUT2D eigenvalue weighted by atomic mass is 16.3. The average Bonchev–Trinajstić information content (AvgIpc) is 2.99. The number of aromatic nitrogens is 2. The molecule has 0 aliphatic heterocycles. The van der Waals surface area contributed by atoms with Gasteiger partial charge in [0.05, 0.1) is 10.9 Å². The van der Waals surface area contributed by atoms with Crippen molar-refractivity contribution in [2.45, 2.75) is 27.3 Å². The Morgan fingerprint density at radius 1 is 1.30 bits per heavy atom. The lowest BCUT2D eigenvalue weighted by Crippen LogP contribution is -2.23. The van der Waals surface area contributed by atoms with Gasteiger partial charge in [0.25, 0.3) is 5.56 Å². The molecule has 0 fully saturated rings. The van der Waals surface area contributed by atoms with E-state index in [1.165, 1.54) is 0 Å². The van der Waals surface area contributed by atoms with E-state index in [0.717, 1.165) is 5.76 Å². The lowest BCUT2D eigenvalue weighted by Gasteiger charge is -2.10. The minimum atomic E-state index is -0.0812. The first-order valence-electron chi connectivity index (χ1n) is 7.47. The van der Waals surface area contributed by atoms with Crippen LogP contribution in [0.25, 0.3) is 10.9 Å². The Balaban J connectivity index is 2.01. The molecule has 2 heterocycles. The number of aryl methyl sites for hydroxylation is 1. The third kappa shape index (κ3) is 2.88. The molecular weight excluding hydrogens is 292 g/mol. The van der Waals surface area contributed by atoms with E-state index in [-0.39, 0.29) is 5.56 Å². The van der Waals surface area contributed by atoms with Crippen molar-refractivity contribution < 1.29 is 4.42 Å². The van der Waals surface area contributed by atoms with Gasteiger partial charge in [0, 0.05) is 6.54 Å². The zero-order valence-electron chi connectivity index (χ0n) is 13.3. The van der Waals surface area contributed by atoms with Crippen molar-refractivity contribution in [1.29, 1.82) is 0 Å². The van der Waals surface area contributed by atoms with E-state index in [4.69, 9.17) is 4.42 Å². The van der Waals surface area contributed by atoms with E-state index >= 15 is 0 Å². The number of hydrogen-bond acceptors (Lipinski definition) is 5. The van der Waals surface area contributed by atoms with Crippen LogP contribution in [0.3, 0.4) is 0 Å². The van der Waals surface area contributed by atoms with Crippen LogP contribution in [-0.2, 0) is 6.54 Å². The quantitative estimate of drug-likeness (QED) is 0.593. The number of para-hydroxylation sites is 1. The number of nitrogens with one attached hydrogen (secondary N) is 1. The minimum Gasteiger partial charge on any atom is -0.460 e. The molecular formula is C17H18N4O2. The molecule has 23 heavy (non-hydrogen) atoms. The van der Waals surface area contributed by atoms with Crippen LogP contribution in [0.2, 0.25) is 0 Å². The second kappa shape index (κ2) is 6.08. The first-order valence-corrected chi connectivity index (χ1v) is 7.47. The van der Waals surface area contributed by atoms with Gasteiger partial charge < -0.3 is 4.42 Å². The molecule has 0 bridgehead atoms. The molecule has 0 saturated heterocycles. The number of rotatable bonds is 4. The molecule has 118 valence electrons. The molecule has 6 heteroatoms. The molecule has 1 N–H and O–H groups in total. The second-order valence-corrected chi connectivity index (χ2v) is 5.22. The van der Waals surface area contributed by atoms with Crippen LogP contribution >= 0.6 is 0 Å². The Bertz CT molecular complexity index is 937. The fraction of sp³-hybridized carbons (Fsp3) is 0.235. The third-order valence-electron chi connectivity index (χ3n) is 3.60. The van der Waals surface area contributed by atoms with Crippen LogP contribution in [0.15, 0.2) is 50.7 Å². The van der Waals surface area contributed by atoms with Gasteiger partial charge in [-0.1, -0.05) is 12.1 Å². The van der Waals surface area contributed by atoms with Crippen molar-refractivity contribution in [2.75, 3.05) is 5.43 Å².